The van der Waals surface area contributed by atoms with E-state index in [1.807, 2.05) is 0 Å². The van der Waals surface area contributed by atoms with E-state index < -0.39 is 0 Å². The first-order chi connectivity index (χ1) is 9.79. The van der Waals surface area contributed by atoms with E-state index in [1.54, 1.807) is 0 Å². The molecule has 0 radical (unpaired) electrons. The largest absolute Gasteiger partial charge is 0.344 e. The summed E-state index contributed by atoms with van der Waals surface area (Å²) in [4.78, 5) is 7.72. The molecule has 0 atom stereocenters. The van der Waals surface area contributed by atoms with Crippen molar-refractivity contribution >= 4 is 11.6 Å². The molecular formula is C16H28ClN3. The minimum Gasteiger partial charge on any atom is -0.344 e. The number of aryl methyl sites for hydroxylation is 1. The Balaban J connectivity index is 1.61. The summed E-state index contributed by atoms with van der Waals surface area (Å²) in [6.45, 7) is 4.08. The second-order valence-electron chi connectivity index (χ2n) is 6.03. The van der Waals surface area contributed by atoms with Crippen molar-refractivity contribution in [2.24, 2.45) is 5.92 Å². The van der Waals surface area contributed by atoms with Crippen molar-refractivity contribution in [3.8, 4) is 0 Å². The van der Waals surface area contributed by atoms with E-state index in [1.165, 1.54) is 44.9 Å². The molecule has 1 aromatic rings. The molecule has 0 aromatic carbocycles. The lowest BCUT2D eigenvalue weighted by atomic mass is 10.0. The molecule has 0 bridgehead atoms. The molecule has 114 valence electrons. The number of H-pyrrole nitrogens is 1. The van der Waals surface area contributed by atoms with Gasteiger partial charge < -0.3 is 10.3 Å². The summed E-state index contributed by atoms with van der Waals surface area (Å²) in [7, 11) is 0. The molecule has 0 aliphatic heterocycles. The second-order valence-corrected chi connectivity index (χ2v) is 6.38. The molecule has 0 unspecified atom stereocenters. The van der Waals surface area contributed by atoms with Gasteiger partial charge >= 0.3 is 0 Å². The van der Waals surface area contributed by atoms with Crippen molar-refractivity contribution in [3.05, 3.63) is 16.7 Å². The molecule has 1 aromatic heterocycles. The number of aromatic nitrogens is 2. The van der Waals surface area contributed by atoms with Gasteiger partial charge in [0, 0.05) is 13.0 Å². The molecule has 1 heterocycles. The number of halogens is 1. The minimum atomic E-state index is 0.638. The molecule has 1 saturated carbocycles. The number of nitrogens with one attached hydrogen (secondary N) is 2. The van der Waals surface area contributed by atoms with Gasteiger partial charge in [-0.3, -0.25) is 0 Å². The third kappa shape index (κ3) is 5.10. The van der Waals surface area contributed by atoms with Crippen LogP contribution >= 0.6 is 11.6 Å². The average molecular weight is 298 g/mol. The fourth-order valence-electron chi connectivity index (χ4n) is 3.05. The van der Waals surface area contributed by atoms with Crippen LogP contribution < -0.4 is 5.32 Å². The van der Waals surface area contributed by atoms with Crippen molar-refractivity contribution in [3.63, 3.8) is 0 Å². The first kappa shape index (κ1) is 15.8. The van der Waals surface area contributed by atoms with Gasteiger partial charge in [-0.1, -0.05) is 50.6 Å². The number of hydrogen-bond donors (Lipinski definition) is 2. The van der Waals surface area contributed by atoms with E-state index in [4.69, 9.17) is 11.6 Å². The van der Waals surface area contributed by atoms with E-state index in [0.717, 1.165) is 43.4 Å². The molecule has 2 N–H and O–H groups in total. The summed E-state index contributed by atoms with van der Waals surface area (Å²) in [6, 6.07) is 0. The highest BCUT2D eigenvalue weighted by Crippen LogP contribution is 2.28. The number of aromatic amines is 1. The van der Waals surface area contributed by atoms with Crippen LogP contribution in [-0.2, 0) is 13.0 Å². The number of nitrogens with zero attached hydrogens (tertiary/aromatic N) is 1. The van der Waals surface area contributed by atoms with Crippen LogP contribution in [-0.4, -0.2) is 16.5 Å². The van der Waals surface area contributed by atoms with Gasteiger partial charge in [0.15, 0.2) is 5.15 Å². The monoisotopic (exact) mass is 297 g/mol. The quantitative estimate of drug-likeness (QED) is 0.660. The van der Waals surface area contributed by atoms with Crippen LogP contribution in [0.3, 0.4) is 0 Å². The van der Waals surface area contributed by atoms with Gasteiger partial charge in [0.25, 0.3) is 0 Å². The van der Waals surface area contributed by atoms with Gasteiger partial charge in [0.2, 0.25) is 0 Å². The predicted molar refractivity (Wildman–Crippen MR) is 85.1 cm³/mol. The van der Waals surface area contributed by atoms with Gasteiger partial charge in [-0.25, -0.2) is 4.98 Å². The van der Waals surface area contributed by atoms with E-state index in [9.17, 15) is 0 Å². The average Bonchev–Trinajstić information content (AvgIpc) is 3.06. The highest BCUT2D eigenvalue weighted by atomic mass is 35.5. The Bertz CT molecular complexity index is 383. The normalized spacial score (nSPS) is 16.1. The van der Waals surface area contributed by atoms with Gasteiger partial charge in [-0.05, 0) is 31.7 Å². The maximum absolute atomic E-state index is 6.16. The Kier molecular flexibility index (Phi) is 6.88. The number of unbranched alkanes of at least 4 members (excludes halogenated alkanes) is 1. The second kappa shape index (κ2) is 8.68. The van der Waals surface area contributed by atoms with Crippen molar-refractivity contribution in [1.29, 1.82) is 0 Å². The van der Waals surface area contributed by atoms with Crippen LogP contribution in [0.4, 0.5) is 0 Å². The minimum absolute atomic E-state index is 0.638. The molecule has 20 heavy (non-hydrogen) atoms. The summed E-state index contributed by atoms with van der Waals surface area (Å²) in [6.07, 6.45) is 11.8. The molecule has 1 aliphatic carbocycles. The smallest absolute Gasteiger partial charge is 0.151 e. The fourth-order valence-corrected chi connectivity index (χ4v) is 3.26. The lowest BCUT2D eigenvalue weighted by Gasteiger charge is -2.08. The Morgan fingerprint density at radius 1 is 1.30 bits per heavy atom. The Morgan fingerprint density at radius 3 is 2.85 bits per heavy atom. The van der Waals surface area contributed by atoms with Gasteiger partial charge in [-0.2, -0.15) is 0 Å². The van der Waals surface area contributed by atoms with Crippen molar-refractivity contribution in [1.82, 2.24) is 15.3 Å². The molecule has 2 rings (SSSR count). The van der Waals surface area contributed by atoms with E-state index in [0.29, 0.717) is 5.15 Å². The fraction of sp³-hybridized carbons (Fsp3) is 0.812. The van der Waals surface area contributed by atoms with Crippen LogP contribution in [0.25, 0.3) is 0 Å². The van der Waals surface area contributed by atoms with Crippen LogP contribution in [0.15, 0.2) is 0 Å². The zero-order chi connectivity index (χ0) is 14.2. The lowest BCUT2D eigenvalue weighted by molar-refractivity contribution is 0.470. The van der Waals surface area contributed by atoms with Crippen LogP contribution in [0.2, 0.25) is 5.15 Å². The highest BCUT2D eigenvalue weighted by Gasteiger charge is 2.14. The van der Waals surface area contributed by atoms with Crippen LogP contribution in [0, 0.1) is 5.92 Å². The summed E-state index contributed by atoms with van der Waals surface area (Å²) in [5.41, 5.74) is 1.04. The molecule has 1 fully saturated rings. The molecule has 0 amide bonds. The lowest BCUT2D eigenvalue weighted by Crippen LogP contribution is -2.16. The zero-order valence-corrected chi connectivity index (χ0v) is 13.4. The third-order valence-corrected chi connectivity index (χ3v) is 4.60. The first-order valence-electron chi connectivity index (χ1n) is 8.23. The standard InChI is InChI=1S/C16H28ClN3/c1-2-3-10-15-19-14(16(17)20-15)12-18-11-6-9-13-7-4-5-8-13/h13,18H,2-12H2,1H3,(H,19,20). The Hall–Kier alpha value is -0.540. The van der Waals surface area contributed by atoms with Crippen molar-refractivity contribution in [2.75, 3.05) is 6.54 Å². The van der Waals surface area contributed by atoms with Gasteiger partial charge in [-0.15, -0.1) is 0 Å². The number of hydrogen-bond acceptors (Lipinski definition) is 2. The van der Waals surface area contributed by atoms with Crippen molar-refractivity contribution in [2.45, 2.75) is 71.3 Å². The SMILES string of the molecule is CCCCc1nc(Cl)c(CNCCCC2CCCC2)[nH]1. The maximum Gasteiger partial charge on any atom is 0.151 e. The number of rotatable bonds is 9. The van der Waals surface area contributed by atoms with Gasteiger partial charge in [0.1, 0.15) is 5.82 Å². The zero-order valence-electron chi connectivity index (χ0n) is 12.7. The summed E-state index contributed by atoms with van der Waals surface area (Å²) < 4.78 is 0. The predicted octanol–water partition coefficient (Wildman–Crippen LogP) is 4.47. The molecule has 4 heteroatoms. The van der Waals surface area contributed by atoms with Crippen LogP contribution in [0.5, 0.6) is 0 Å². The maximum atomic E-state index is 6.16. The molecule has 0 spiro atoms. The summed E-state index contributed by atoms with van der Waals surface area (Å²) in [5, 5.41) is 4.12. The van der Waals surface area contributed by atoms with Crippen molar-refractivity contribution < 1.29 is 0 Å². The molecule has 0 saturated heterocycles. The van der Waals surface area contributed by atoms with E-state index in [-0.39, 0.29) is 0 Å². The van der Waals surface area contributed by atoms with E-state index in [2.05, 4.69) is 22.2 Å². The Morgan fingerprint density at radius 2 is 2.10 bits per heavy atom. The topological polar surface area (TPSA) is 40.7 Å². The third-order valence-electron chi connectivity index (χ3n) is 4.29. The molecule has 3 nitrogen and oxygen atoms in total. The summed E-state index contributed by atoms with van der Waals surface area (Å²) in [5.74, 6) is 2.02. The van der Waals surface area contributed by atoms with Crippen LogP contribution in [0.1, 0.15) is 69.8 Å². The molecular weight excluding hydrogens is 270 g/mol. The van der Waals surface area contributed by atoms with Gasteiger partial charge in [0.05, 0.1) is 5.69 Å². The highest BCUT2D eigenvalue weighted by molar-refractivity contribution is 6.30. The Labute approximate surface area is 127 Å². The molecule has 1 aliphatic rings. The summed E-state index contributed by atoms with van der Waals surface area (Å²) >= 11 is 6.16. The first-order valence-corrected chi connectivity index (χ1v) is 8.61. The van der Waals surface area contributed by atoms with E-state index >= 15 is 0 Å². The number of imidazole rings is 1.